The normalized spacial score (nSPS) is 14.8. The molecule has 1 saturated heterocycles. The molecular weight excluding hydrogens is 526 g/mol. The molecule has 1 aliphatic heterocycles. The third-order valence-corrected chi connectivity index (χ3v) is 8.46. The van der Waals surface area contributed by atoms with Crippen LogP contribution in [0.5, 0.6) is 0 Å². The van der Waals surface area contributed by atoms with Gasteiger partial charge in [-0.25, -0.2) is 32.9 Å². The first-order valence-electron chi connectivity index (χ1n) is 11.8. The molecule has 4 aromatic rings. The van der Waals surface area contributed by atoms with E-state index in [0.717, 1.165) is 21.3 Å². The Kier molecular flexibility index (Phi) is 7.22. The van der Waals surface area contributed by atoms with E-state index in [9.17, 15) is 13.2 Å². The Morgan fingerprint density at radius 2 is 1.74 bits per heavy atom. The van der Waals surface area contributed by atoms with Crippen molar-refractivity contribution in [2.75, 3.05) is 24.1 Å². The second-order valence-corrected chi connectivity index (χ2v) is 11.5. The molecular formula is C25H25N7O4S2. The molecule has 2 aromatic carbocycles. The van der Waals surface area contributed by atoms with Crippen molar-refractivity contribution in [2.24, 2.45) is 0 Å². The lowest BCUT2D eigenvalue weighted by Gasteiger charge is -2.30. The van der Waals surface area contributed by atoms with Crippen LogP contribution in [0.3, 0.4) is 0 Å². The van der Waals surface area contributed by atoms with E-state index in [4.69, 9.17) is 10.8 Å². The van der Waals surface area contributed by atoms with Crippen molar-refractivity contribution < 1.29 is 18.3 Å². The molecule has 0 aliphatic carbocycles. The van der Waals surface area contributed by atoms with Crippen LogP contribution in [-0.4, -0.2) is 58.6 Å². The summed E-state index contributed by atoms with van der Waals surface area (Å²) in [4.78, 5) is 25.4. The number of piperidine rings is 1. The van der Waals surface area contributed by atoms with Crippen molar-refractivity contribution in [3.05, 3.63) is 66.0 Å². The zero-order valence-corrected chi connectivity index (χ0v) is 21.7. The number of carbonyl (C=O) groups is 1. The number of carboxylic acid groups (broad SMARTS) is 1. The fraction of sp³-hybridized carbons (Fsp3) is 0.200. The van der Waals surface area contributed by atoms with Crippen LogP contribution in [-0.2, 0) is 10.0 Å². The fourth-order valence-corrected chi connectivity index (χ4v) is 6.15. The number of likely N-dealkylation sites (tertiary alicyclic amines) is 1. The molecule has 1 fully saturated rings. The second kappa shape index (κ2) is 10.7. The Labute approximate surface area is 223 Å². The summed E-state index contributed by atoms with van der Waals surface area (Å²) in [6.07, 6.45) is 7.13. The number of aromatic nitrogens is 3. The number of fused-ring (bicyclic) bond motifs is 1. The highest BCUT2D eigenvalue weighted by Crippen LogP contribution is 2.25. The molecule has 0 radical (unpaired) electrons. The van der Waals surface area contributed by atoms with Crippen molar-refractivity contribution in [3.63, 3.8) is 0 Å². The number of nitrogen functional groups attached to an aromatic ring is 1. The van der Waals surface area contributed by atoms with E-state index in [2.05, 4.69) is 25.0 Å². The summed E-state index contributed by atoms with van der Waals surface area (Å²) in [5.41, 5.74) is 9.12. The summed E-state index contributed by atoms with van der Waals surface area (Å²) in [7, 11) is -3.72. The molecule has 38 heavy (non-hydrogen) atoms. The van der Waals surface area contributed by atoms with Crippen LogP contribution in [0.25, 0.3) is 22.4 Å². The number of amides is 1. The highest BCUT2D eigenvalue weighted by molar-refractivity contribution is 7.89. The summed E-state index contributed by atoms with van der Waals surface area (Å²) < 4.78 is 29.2. The average Bonchev–Trinajstić information content (AvgIpc) is 3.28. The third kappa shape index (κ3) is 6.07. The predicted octanol–water partition coefficient (Wildman–Crippen LogP) is 4.00. The lowest BCUT2D eigenvalue weighted by molar-refractivity contribution is 0.131. The number of rotatable bonds is 7. The Hall–Kier alpha value is -4.07. The van der Waals surface area contributed by atoms with Gasteiger partial charge in [-0.1, -0.05) is 29.6 Å². The summed E-state index contributed by atoms with van der Waals surface area (Å²) >= 11 is 1.44. The van der Waals surface area contributed by atoms with Crippen molar-refractivity contribution in [2.45, 2.75) is 23.8 Å². The van der Waals surface area contributed by atoms with Crippen LogP contribution in [0.4, 0.5) is 21.6 Å². The molecule has 0 unspecified atom stereocenters. The number of nitrogens with zero attached hydrogens (tertiary/aromatic N) is 4. The number of benzene rings is 2. The maximum absolute atomic E-state index is 12.8. The minimum absolute atomic E-state index is 0.129. The number of thiazole rings is 1. The van der Waals surface area contributed by atoms with E-state index in [0.29, 0.717) is 42.7 Å². The minimum atomic E-state index is -3.72. The molecule has 1 aliphatic rings. The molecule has 3 heterocycles. The fourth-order valence-electron chi connectivity index (χ4n) is 4.07. The van der Waals surface area contributed by atoms with Crippen LogP contribution in [0, 0.1) is 0 Å². The van der Waals surface area contributed by atoms with Crippen LogP contribution in [0.2, 0.25) is 0 Å². The molecule has 0 bridgehead atoms. The van der Waals surface area contributed by atoms with Crippen molar-refractivity contribution in [1.82, 2.24) is 24.6 Å². The van der Waals surface area contributed by atoms with E-state index in [1.54, 1.807) is 24.5 Å². The molecule has 0 atom stereocenters. The van der Waals surface area contributed by atoms with Gasteiger partial charge in [-0.2, -0.15) is 0 Å². The Morgan fingerprint density at radius 1 is 1.05 bits per heavy atom. The first-order chi connectivity index (χ1) is 18.2. The number of hydrogen-bond acceptors (Lipinski definition) is 9. The van der Waals surface area contributed by atoms with Crippen molar-refractivity contribution >= 4 is 66.6 Å². The van der Waals surface area contributed by atoms with E-state index in [-0.39, 0.29) is 10.9 Å². The molecule has 196 valence electrons. The van der Waals surface area contributed by atoms with Gasteiger partial charge in [0.25, 0.3) is 0 Å². The highest BCUT2D eigenvalue weighted by atomic mass is 32.2. The smallest absolute Gasteiger partial charge is 0.407 e. The maximum Gasteiger partial charge on any atom is 0.407 e. The molecule has 5 rings (SSSR count). The molecule has 0 saturated carbocycles. The lowest BCUT2D eigenvalue weighted by Crippen LogP contribution is -2.46. The standard InChI is InChI=1S/C25H25N7O4S2/c26-23-30-21-8-3-16(13-22(21)37-23)1-2-17-14-27-24(28-15-17)29-18-4-6-20(7-5-18)38(35,36)31-19-9-11-32(12-10-19)25(33)34/h1-8,13-15,19,31H,9-12H2,(H2,26,30)(H,33,34)(H,27,28,29). The van der Waals surface area contributed by atoms with Gasteiger partial charge in [0.05, 0.1) is 15.1 Å². The Bertz CT molecular complexity index is 1580. The molecule has 13 heteroatoms. The zero-order valence-electron chi connectivity index (χ0n) is 20.1. The monoisotopic (exact) mass is 551 g/mol. The van der Waals surface area contributed by atoms with Gasteiger partial charge >= 0.3 is 6.09 Å². The lowest BCUT2D eigenvalue weighted by atomic mass is 10.1. The van der Waals surface area contributed by atoms with E-state index < -0.39 is 16.1 Å². The summed E-state index contributed by atoms with van der Waals surface area (Å²) in [6, 6.07) is 11.9. The molecule has 11 nitrogen and oxygen atoms in total. The Balaban J connectivity index is 1.17. The van der Waals surface area contributed by atoms with Crippen LogP contribution < -0.4 is 15.8 Å². The average molecular weight is 552 g/mol. The van der Waals surface area contributed by atoms with E-state index in [1.807, 2.05) is 30.4 Å². The van der Waals surface area contributed by atoms with Crippen LogP contribution in [0.1, 0.15) is 24.0 Å². The van der Waals surface area contributed by atoms with Gasteiger partial charge in [-0.3, -0.25) is 0 Å². The molecule has 2 aromatic heterocycles. The van der Waals surface area contributed by atoms with Gasteiger partial charge < -0.3 is 21.1 Å². The number of sulfonamides is 1. The van der Waals surface area contributed by atoms with Crippen LogP contribution >= 0.6 is 11.3 Å². The number of anilines is 3. The van der Waals surface area contributed by atoms with Crippen molar-refractivity contribution in [3.8, 4) is 0 Å². The molecule has 5 N–H and O–H groups in total. The van der Waals surface area contributed by atoms with Gasteiger partial charge in [-0.15, -0.1) is 0 Å². The summed E-state index contributed by atoms with van der Waals surface area (Å²) in [6.45, 7) is 0.607. The third-order valence-electron chi connectivity index (χ3n) is 6.08. The number of hydrogen-bond donors (Lipinski definition) is 4. The molecule has 0 spiro atoms. The minimum Gasteiger partial charge on any atom is -0.465 e. The molecule has 1 amide bonds. The Morgan fingerprint density at radius 3 is 2.42 bits per heavy atom. The van der Waals surface area contributed by atoms with Gasteiger partial charge in [0.15, 0.2) is 5.13 Å². The van der Waals surface area contributed by atoms with E-state index in [1.165, 1.54) is 28.4 Å². The van der Waals surface area contributed by atoms with Crippen molar-refractivity contribution in [1.29, 1.82) is 0 Å². The summed E-state index contributed by atoms with van der Waals surface area (Å²) in [5, 5.41) is 12.6. The second-order valence-electron chi connectivity index (χ2n) is 8.77. The van der Waals surface area contributed by atoms with Gasteiger partial charge in [-0.05, 0) is 54.8 Å². The largest absolute Gasteiger partial charge is 0.465 e. The quantitative estimate of drug-likeness (QED) is 0.266. The number of nitrogens with two attached hydrogens (primary N) is 1. The number of nitrogens with one attached hydrogen (secondary N) is 2. The first kappa shape index (κ1) is 25.6. The van der Waals surface area contributed by atoms with Gasteiger partial charge in [0.1, 0.15) is 0 Å². The highest BCUT2D eigenvalue weighted by Gasteiger charge is 2.26. The predicted molar refractivity (Wildman–Crippen MR) is 148 cm³/mol. The topological polar surface area (TPSA) is 163 Å². The zero-order chi connectivity index (χ0) is 26.7. The van der Waals surface area contributed by atoms with Crippen LogP contribution in [0.15, 0.2) is 59.8 Å². The SMILES string of the molecule is Nc1nc2ccc(C=Cc3cnc(Nc4ccc(S(=O)(=O)NC5CCN(C(=O)O)CC5)cc4)nc3)cc2s1. The van der Waals surface area contributed by atoms with E-state index >= 15 is 0 Å². The maximum atomic E-state index is 12.8. The summed E-state index contributed by atoms with van der Waals surface area (Å²) in [5.74, 6) is 0.377. The first-order valence-corrected chi connectivity index (χ1v) is 14.1. The van der Waals surface area contributed by atoms with Gasteiger partial charge in [0.2, 0.25) is 16.0 Å². The van der Waals surface area contributed by atoms with Gasteiger partial charge in [0, 0.05) is 42.8 Å².